The van der Waals surface area contributed by atoms with Crippen molar-refractivity contribution in [2.45, 2.75) is 0 Å². The molecule has 0 fully saturated rings. The Morgan fingerprint density at radius 1 is 1.19 bits per heavy atom. The molecule has 3 heterocycles. The predicted octanol–water partition coefficient (Wildman–Crippen LogP) is -1.13. The van der Waals surface area contributed by atoms with Gasteiger partial charge >= 0.3 is 7.12 Å². The molecule has 0 saturated heterocycles. The van der Waals surface area contributed by atoms with Gasteiger partial charge in [0.2, 0.25) is 0 Å². The number of anilines is 1. The van der Waals surface area contributed by atoms with Crippen molar-refractivity contribution in [3.05, 3.63) is 35.3 Å². The summed E-state index contributed by atoms with van der Waals surface area (Å²) in [5, 5.41) is 26.3. The zero-order chi connectivity index (χ0) is 15.0. The van der Waals surface area contributed by atoms with Crippen LogP contribution in [0.2, 0.25) is 0 Å². The Balaban J connectivity index is 2.12. The number of aromatic nitrogens is 6. The number of nitrogen functional groups attached to an aromatic ring is 1. The summed E-state index contributed by atoms with van der Waals surface area (Å²) in [7, 11) is -1.61. The zero-order valence-corrected chi connectivity index (χ0v) is 12.1. The highest BCUT2D eigenvalue weighted by molar-refractivity contribution is 9.10. The lowest BCUT2D eigenvalue weighted by atomic mass is 9.83. The van der Waals surface area contributed by atoms with Gasteiger partial charge in [0.15, 0.2) is 5.82 Å². The average Bonchev–Trinajstić information content (AvgIpc) is 3.11. The van der Waals surface area contributed by atoms with Crippen molar-refractivity contribution in [1.82, 2.24) is 29.5 Å². The molecular weight excluding hydrogens is 341 g/mol. The van der Waals surface area contributed by atoms with Crippen LogP contribution in [0, 0.1) is 0 Å². The predicted molar refractivity (Wildman–Crippen MR) is 78.2 cm³/mol. The van der Waals surface area contributed by atoms with E-state index in [4.69, 9.17) is 15.8 Å². The van der Waals surface area contributed by atoms with Crippen LogP contribution in [0.1, 0.15) is 0 Å². The summed E-state index contributed by atoms with van der Waals surface area (Å²) in [5.41, 5.74) is 6.09. The van der Waals surface area contributed by atoms with Crippen molar-refractivity contribution in [3.63, 3.8) is 0 Å². The van der Waals surface area contributed by atoms with Gasteiger partial charge in [0.25, 0.3) is 5.95 Å². The summed E-state index contributed by atoms with van der Waals surface area (Å²) in [6.45, 7) is 0. The molecule has 0 bridgehead atoms. The van der Waals surface area contributed by atoms with Crippen LogP contribution >= 0.6 is 15.9 Å². The lowest BCUT2D eigenvalue weighted by molar-refractivity contribution is 0.426. The monoisotopic (exact) mass is 349 g/mol. The fraction of sp³-hybridized carbons (Fsp3) is 0. The maximum Gasteiger partial charge on any atom is 0.491 e. The maximum atomic E-state index is 9.13. The zero-order valence-electron chi connectivity index (χ0n) is 10.5. The fourth-order valence-electron chi connectivity index (χ4n) is 1.67. The van der Waals surface area contributed by atoms with Gasteiger partial charge in [-0.15, -0.1) is 0 Å². The molecule has 11 heteroatoms. The molecule has 0 spiro atoms. The molecule has 0 aliphatic rings. The SMILES string of the molecule is Nc1nc(-n2cccn2)nc(-n2cc(B(O)O)cn2)c1Br. The average molecular weight is 350 g/mol. The Morgan fingerprint density at radius 3 is 2.62 bits per heavy atom. The van der Waals surface area contributed by atoms with Crippen LogP contribution in [0.4, 0.5) is 5.82 Å². The minimum Gasteiger partial charge on any atom is -0.423 e. The molecule has 21 heavy (non-hydrogen) atoms. The third-order valence-corrected chi connectivity index (χ3v) is 3.44. The largest absolute Gasteiger partial charge is 0.491 e. The van der Waals surface area contributed by atoms with Crippen LogP contribution in [0.25, 0.3) is 11.8 Å². The van der Waals surface area contributed by atoms with E-state index < -0.39 is 7.12 Å². The second-order valence-electron chi connectivity index (χ2n) is 4.09. The summed E-state index contributed by atoms with van der Waals surface area (Å²) in [6, 6.07) is 1.73. The summed E-state index contributed by atoms with van der Waals surface area (Å²) < 4.78 is 3.27. The Kier molecular flexibility index (Phi) is 3.45. The van der Waals surface area contributed by atoms with Crippen LogP contribution in [0.5, 0.6) is 0 Å². The Morgan fingerprint density at radius 2 is 2.00 bits per heavy atom. The molecule has 0 atom stereocenters. The van der Waals surface area contributed by atoms with E-state index >= 15 is 0 Å². The van der Waals surface area contributed by atoms with Gasteiger partial charge in [0.1, 0.15) is 10.3 Å². The standard InChI is InChI=1S/C10H9BBrN7O2/c12-7-8(13)16-10(18-3-1-2-14-18)17-9(7)19-5-6(4-15-19)11(20)21/h1-5,20-21H,(H2,13,16,17). The first-order chi connectivity index (χ1) is 10.1. The van der Waals surface area contributed by atoms with Gasteiger partial charge in [-0.1, -0.05) is 0 Å². The molecule has 3 aromatic heterocycles. The summed E-state index contributed by atoms with van der Waals surface area (Å²) in [6.07, 6.45) is 6.03. The van der Waals surface area contributed by atoms with E-state index in [1.165, 1.54) is 21.8 Å². The van der Waals surface area contributed by atoms with E-state index in [0.29, 0.717) is 10.3 Å². The molecule has 4 N–H and O–H groups in total. The lowest BCUT2D eigenvalue weighted by Crippen LogP contribution is -2.28. The van der Waals surface area contributed by atoms with Crippen molar-refractivity contribution in [2.24, 2.45) is 0 Å². The van der Waals surface area contributed by atoms with Gasteiger partial charge in [0.05, 0.1) is 0 Å². The minimum atomic E-state index is -1.61. The van der Waals surface area contributed by atoms with Crippen molar-refractivity contribution in [3.8, 4) is 11.8 Å². The molecule has 0 aliphatic heterocycles. The quantitative estimate of drug-likeness (QED) is 0.510. The van der Waals surface area contributed by atoms with Gasteiger partial charge in [0, 0.05) is 30.3 Å². The molecule has 3 aromatic rings. The lowest BCUT2D eigenvalue weighted by Gasteiger charge is -2.08. The van der Waals surface area contributed by atoms with Gasteiger partial charge in [-0.05, 0) is 22.0 Å². The number of nitrogens with two attached hydrogens (primary N) is 1. The van der Waals surface area contributed by atoms with Crippen molar-refractivity contribution >= 4 is 34.3 Å². The van der Waals surface area contributed by atoms with Crippen LogP contribution < -0.4 is 11.2 Å². The van der Waals surface area contributed by atoms with E-state index in [-0.39, 0.29) is 17.2 Å². The minimum absolute atomic E-state index is 0.215. The van der Waals surface area contributed by atoms with Crippen molar-refractivity contribution < 1.29 is 10.0 Å². The maximum absolute atomic E-state index is 9.13. The number of rotatable bonds is 3. The highest BCUT2D eigenvalue weighted by atomic mass is 79.9. The van der Waals surface area contributed by atoms with E-state index in [2.05, 4.69) is 36.1 Å². The first-order valence-corrected chi connectivity index (χ1v) is 6.59. The van der Waals surface area contributed by atoms with Crippen LogP contribution in [-0.4, -0.2) is 46.7 Å². The number of nitrogens with zero attached hydrogens (tertiary/aromatic N) is 6. The molecule has 0 aliphatic carbocycles. The normalized spacial score (nSPS) is 10.8. The highest BCUT2D eigenvalue weighted by Crippen LogP contribution is 2.24. The van der Waals surface area contributed by atoms with E-state index in [0.717, 1.165) is 0 Å². The summed E-state index contributed by atoms with van der Waals surface area (Å²) >= 11 is 3.30. The highest BCUT2D eigenvalue weighted by Gasteiger charge is 2.18. The van der Waals surface area contributed by atoms with E-state index in [9.17, 15) is 0 Å². The van der Waals surface area contributed by atoms with Crippen molar-refractivity contribution in [1.29, 1.82) is 0 Å². The topological polar surface area (TPSA) is 128 Å². The van der Waals surface area contributed by atoms with Crippen molar-refractivity contribution in [2.75, 3.05) is 5.73 Å². The van der Waals surface area contributed by atoms with Gasteiger partial charge in [-0.2, -0.15) is 20.2 Å². The smallest absolute Gasteiger partial charge is 0.423 e. The molecule has 0 amide bonds. The number of hydrogen-bond acceptors (Lipinski definition) is 7. The van der Waals surface area contributed by atoms with Gasteiger partial charge in [-0.3, -0.25) is 0 Å². The van der Waals surface area contributed by atoms with E-state index in [1.807, 2.05) is 0 Å². The molecule has 0 aromatic carbocycles. The molecule has 9 nitrogen and oxygen atoms in total. The molecule has 0 unspecified atom stereocenters. The molecule has 0 saturated carbocycles. The third-order valence-electron chi connectivity index (χ3n) is 2.67. The second-order valence-corrected chi connectivity index (χ2v) is 4.88. The van der Waals surface area contributed by atoms with Crippen LogP contribution in [0.15, 0.2) is 35.3 Å². The molecule has 3 rings (SSSR count). The number of hydrogen-bond donors (Lipinski definition) is 3. The fourth-order valence-corrected chi connectivity index (χ4v) is 2.03. The Hall–Kier alpha value is -2.24. The van der Waals surface area contributed by atoms with Gasteiger partial charge in [-0.25, -0.2) is 9.36 Å². The first-order valence-electron chi connectivity index (χ1n) is 5.80. The Labute approximate surface area is 127 Å². The first kappa shape index (κ1) is 13.7. The summed E-state index contributed by atoms with van der Waals surface area (Å²) in [5.74, 6) is 0.851. The summed E-state index contributed by atoms with van der Waals surface area (Å²) in [4.78, 5) is 8.44. The second kappa shape index (κ2) is 5.28. The van der Waals surface area contributed by atoms with Crippen LogP contribution in [0.3, 0.4) is 0 Å². The van der Waals surface area contributed by atoms with Gasteiger partial charge < -0.3 is 15.8 Å². The van der Waals surface area contributed by atoms with Crippen LogP contribution in [-0.2, 0) is 0 Å². The molecule has 106 valence electrons. The Bertz CT molecular complexity index is 774. The molecule has 0 radical (unpaired) electrons. The van der Waals surface area contributed by atoms with E-state index in [1.54, 1.807) is 18.5 Å². The number of halogens is 1. The molecular formula is C10H9BBrN7O2. The third kappa shape index (κ3) is 2.53.